The maximum Gasteiger partial charge on any atom is 0.263 e. The smallest absolute Gasteiger partial charge is 0.263 e. The maximum absolute atomic E-state index is 13.2. The van der Waals surface area contributed by atoms with Crippen molar-refractivity contribution in [2.75, 3.05) is 4.72 Å². The molecule has 0 aliphatic rings. The molecule has 2 aromatic rings. The van der Waals surface area contributed by atoms with Gasteiger partial charge in [0.15, 0.2) is 0 Å². The number of halogens is 1. The third kappa shape index (κ3) is 3.14. The molecule has 0 atom stereocenters. The van der Waals surface area contributed by atoms with E-state index in [0.29, 0.717) is 11.3 Å². The zero-order valence-corrected chi connectivity index (χ0v) is 12.3. The number of aromatic nitrogens is 1. The van der Waals surface area contributed by atoms with Gasteiger partial charge in [-0.2, -0.15) is 0 Å². The summed E-state index contributed by atoms with van der Waals surface area (Å²) in [6.07, 6.45) is 0. The lowest BCUT2D eigenvalue weighted by Crippen LogP contribution is -2.15. The Labute approximate surface area is 117 Å². The first kappa shape index (κ1) is 14.5. The summed E-state index contributed by atoms with van der Waals surface area (Å²) in [5.41, 5.74) is 2.08. The van der Waals surface area contributed by atoms with Crippen LogP contribution in [0.1, 0.15) is 16.8 Å². The fourth-order valence-corrected chi connectivity index (χ4v) is 3.20. The zero-order chi connectivity index (χ0) is 14.9. The largest absolute Gasteiger partial charge is 0.263 e. The number of hydrogen-bond donors (Lipinski definition) is 1. The van der Waals surface area contributed by atoms with Crippen LogP contribution in [-0.4, -0.2) is 13.4 Å². The van der Waals surface area contributed by atoms with Gasteiger partial charge in [0.05, 0.1) is 4.90 Å². The van der Waals surface area contributed by atoms with Crippen molar-refractivity contribution in [3.8, 4) is 0 Å². The van der Waals surface area contributed by atoms with Gasteiger partial charge in [-0.25, -0.2) is 17.8 Å². The number of nitrogens with one attached hydrogen (secondary N) is 1. The molecule has 2 rings (SSSR count). The molecule has 0 unspecified atom stereocenters. The lowest BCUT2D eigenvalue weighted by molar-refractivity contribution is 0.594. The first-order chi connectivity index (χ1) is 9.28. The number of sulfonamides is 1. The topological polar surface area (TPSA) is 59.1 Å². The van der Waals surface area contributed by atoms with Gasteiger partial charge in [-0.3, -0.25) is 4.72 Å². The van der Waals surface area contributed by atoms with Crippen LogP contribution in [0.2, 0.25) is 0 Å². The number of anilines is 1. The van der Waals surface area contributed by atoms with Crippen LogP contribution in [0.4, 0.5) is 10.2 Å². The third-order valence-electron chi connectivity index (χ3n) is 2.78. The molecule has 1 N–H and O–H groups in total. The molecular formula is C14H15FN2O2S. The molecule has 6 heteroatoms. The van der Waals surface area contributed by atoms with Crippen molar-refractivity contribution in [1.82, 2.24) is 4.98 Å². The van der Waals surface area contributed by atoms with E-state index in [2.05, 4.69) is 9.71 Å². The summed E-state index contributed by atoms with van der Waals surface area (Å²) < 4.78 is 40.2. The molecule has 0 aliphatic carbocycles. The number of hydrogen-bond acceptors (Lipinski definition) is 3. The summed E-state index contributed by atoms with van der Waals surface area (Å²) in [7, 11) is -3.85. The van der Waals surface area contributed by atoms with Crippen LogP contribution in [0.15, 0.2) is 35.2 Å². The van der Waals surface area contributed by atoms with Gasteiger partial charge in [0.25, 0.3) is 10.0 Å². The molecule has 106 valence electrons. The van der Waals surface area contributed by atoms with Gasteiger partial charge in [0.2, 0.25) is 0 Å². The fourth-order valence-electron chi connectivity index (χ4n) is 1.95. The van der Waals surface area contributed by atoms with Crippen molar-refractivity contribution in [2.45, 2.75) is 25.7 Å². The van der Waals surface area contributed by atoms with Crippen LogP contribution in [0.3, 0.4) is 0 Å². The van der Waals surface area contributed by atoms with Gasteiger partial charge in [-0.15, -0.1) is 0 Å². The van der Waals surface area contributed by atoms with Gasteiger partial charge in [0, 0.05) is 5.69 Å². The fraction of sp³-hybridized carbons (Fsp3) is 0.214. The van der Waals surface area contributed by atoms with Gasteiger partial charge < -0.3 is 0 Å². The molecule has 20 heavy (non-hydrogen) atoms. The van der Waals surface area contributed by atoms with Crippen molar-refractivity contribution in [3.63, 3.8) is 0 Å². The number of benzene rings is 1. The molecule has 0 radical (unpaired) electrons. The summed E-state index contributed by atoms with van der Waals surface area (Å²) in [5.74, 6) is -0.365. The van der Waals surface area contributed by atoms with E-state index in [1.165, 1.54) is 12.1 Å². The molecule has 0 saturated heterocycles. The standard InChI is InChI=1S/C14H15FN2O2S/c1-9-6-11(3)16-14(7-9)17-20(18,19)13-8-12(15)5-4-10(13)2/h4-8H,1-3H3,(H,16,17). The molecule has 1 aromatic heterocycles. The third-order valence-corrected chi connectivity index (χ3v) is 4.27. The quantitative estimate of drug-likeness (QED) is 0.946. The zero-order valence-electron chi connectivity index (χ0n) is 11.4. The average Bonchev–Trinajstić information content (AvgIpc) is 2.30. The molecule has 4 nitrogen and oxygen atoms in total. The van der Waals surface area contributed by atoms with E-state index in [1.807, 2.05) is 13.0 Å². The van der Waals surface area contributed by atoms with E-state index in [9.17, 15) is 12.8 Å². The highest BCUT2D eigenvalue weighted by molar-refractivity contribution is 7.92. The lowest BCUT2D eigenvalue weighted by Gasteiger charge is -2.11. The van der Waals surface area contributed by atoms with E-state index in [0.717, 1.165) is 11.6 Å². The van der Waals surface area contributed by atoms with Crippen LogP contribution in [0.25, 0.3) is 0 Å². The van der Waals surface area contributed by atoms with Crippen molar-refractivity contribution < 1.29 is 12.8 Å². The predicted octanol–water partition coefficient (Wildman–Crippen LogP) is 2.95. The van der Waals surface area contributed by atoms with E-state index < -0.39 is 15.8 Å². The summed E-state index contributed by atoms with van der Waals surface area (Å²) >= 11 is 0. The van der Waals surface area contributed by atoms with Gasteiger partial charge >= 0.3 is 0 Å². The van der Waals surface area contributed by atoms with Crippen LogP contribution < -0.4 is 4.72 Å². The SMILES string of the molecule is Cc1cc(C)nc(NS(=O)(=O)c2cc(F)ccc2C)c1. The van der Waals surface area contributed by atoms with Crippen LogP contribution >= 0.6 is 0 Å². The first-order valence-corrected chi connectivity index (χ1v) is 7.50. The van der Waals surface area contributed by atoms with Gasteiger partial charge in [-0.05, 0) is 56.2 Å². The second-order valence-corrected chi connectivity index (χ2v) is 6.34. The summed E-state index contributed by atoms with van der Waals surface area (Å²) in [6.45, 7) is 5.24. The maximum atomic E-state index is 13.2. The highest BCUT2D eigenvalue weighted by atomic mass is 32.2. The number of aryl methyl sites for hydroxylation is 3. The molecule has 0 saturated carbocycles. The van der Waals surface area contributed by atoms with Crippen LogP contribution in [-0.2, 0) is 10.0 Å². The minimum Gasteiger partial charge on any atom is -0.263 e. The molecule has 1 heterocycles. The molecule has 0 fully saturated rings. The Morgan fingerprint density at radius 2 is 1.80 bits per heavy atom. The molecule has 0 amide bonds. The van der Waals surface area contributed by atoms with E-state index in [1.54, 1.807) is 19.9 Å². The highest BCUT2D eigenvalue weighted by Crippen LogP contribution is 2.20. The second kappa shape index (κ2) is 5.20. The minimum absolute atomic E-state index is 0.0848. The Morgan fingerprint density at radius 3 is 2.45 bits per heavy atom. The lowest BCUT2D eigenvalue weighted by atomic mass is 10.2. The van der Waals surface area contributed by atoms with Gasteiger partial charge in [0.1, 0.15) is 11.6 Å². The predicted molar refractivity (Wildman–Crippen MR) is 75.7 cm³/mol. The highest BCUT2D eigenvalue weighted by Gasteiger charge is 2.18. The molecule has 0 aliphatic heterocycles. The number of rotatable bonds is 3. The molecular weight excluding hydrogens is 279 g/mol. The molecule has 0 bridgehead atoms. The number of nitrogens with zero attached hydrogens (tertiary/aromatic N) is 1. The Hall–Kier alpha value is -1.95. The first-order valence-electron chi connectivity index (χ1n) is 6.02. The van der Waals surface area contributed by atoms with Crippen LogP contribution in [0.5, 0.6) is 0 Å². The molecule has 0 spiro atoms. The van der Waals surface area contributed by atoms with Crippen LogP contribution in [0, 0.1) is 26.6 Å². The Balaban J connectivity index is 2.43. The Morgan fingerprint density at radius 1 is 1.10 bits per heavy atom. The van der Waals surface area contributed by atoms with E-state index in [-0.39, 0.29) is 10.7 Å². The summed E-state index contributed by atoms with van der Waals surface area (Å²) in [4.78, 5) is 4.03. The van der Waals surface area contributed by atoms with Crippen molar-refractivity contribution >= 4 is 15.8 Å². The molecule has 1 aromatic carbocycles. The number of pyridine rings is 1. The summed E-state index contributed by atoms with van der Waals surface area (Å²) in [5, 5.41) is 0. The summed E-state index contributed by atoms with van der Waals surface area (Å²) in [6, 6.07) is 7.12. The Bertz CT molecular complexity index is 738. The van der Waals surface area contributed by atoms with Crippen molar-refractivity contribution in [2.24, 2.45) is 0 Å². The van der Waals surface area contributed by atoms with Crippen molar-refractivity contribution in [1.29, 1.82) is 0 Å². The second-order valence-electron chi connectivity index (χ2n) is 4.69. The van der Waals surface area contributed by atoms with E-state index >= 15 is 0 Å². The van der Waals surface area contributed by atoms with E-state index in [4.69, 9.17) is 0 Å². The monoisotopic (exact) mass is 294 g/mol. The normalized spacial score (nSPS) is 11.4. The van der Waals surface area contributed by atoms with Gasteiger partial charge in [-0.1, -0.05) is 6.07 Å². The van der Waals surface area contributed by atoms with Crippen molar-refractivity contribution in [3.05, 3.63) is 53.0 Å². The Kier molecular flexibility index (Phi) is 3.76. The minimum atomic E-state index is -3.85. The average molecular weight is 294 g/mol.